The van der Waals surface area contributed by atoms with E-state index in [2.05, 4.69) is 62.5 Å². The summed E-state index contributed by atoms with van der Waals surface area (Å²) in [6.45, 7) is 4.65. The molecule has 0 aliphatic carbocycles. The van der Waals surface area contributed by atoms with E-state index >= 15 is 0 Å². The highest BCUT2D eigenvalue weighted by Gasteiger charge is 2.31. The number of carbonyl (C=O) groups is 3. The molecule has 8 heteroatoms. The van der Waals surface area contributed by atoms with Crippen LogP contribution in [-0.4, -0.2) is 80.6 Å². The Morgan fingerprint density at radius 3 is 1.26 bits per heavy atom. The minimum Gasteiger partial charge on any atom is -0.477 e. The Morgan fingerprint density at radius 2 is 0.848 bits per heavy atom. The molecule has 0 heterocycles. The van der Waals surface area contributed by atoms with E-state index in [9.17, 15) is 19.5 Å². The summed E-state index contributed by atoms with van der Waals surface area (Å²) in [4.78, 5) is 37.2. The number of hydrogen-bond acceptors (Lipinski definition) is 6. The van der Waals surface area contributed by atoms with Gasteiger partial charge in [0.1, 0.15) is 6.61 Å². The Hall–Kier alpha value is -2.71. The lowest BCUT2D eigenvalue weighted by Gasteiger charge is -2.31. The predicted molar refractivity (Wildman–Crippen MR) is 280 cm³/mol. The molecular weight excluding hydrogens is 823 g/mol. The molecule has 384 valence electrons. The van der Waals surface area contributed by atoms with Gasteiger partial charge >= 0.3 is 17.9 Å². The SMILES string of the molecule is CC/C=C/C/C=C/C/C=C/C/C=C/CCCCCCCCCC(=O)OCC(COCCC(C(=O)O)[N+](C)(C)C)OC(=O)CCCCCCCCCCCCCCCCCCCCCCCC. The molecule has 0 fully saturated rings. The minimum absolute atomic E-state index is 0.0547. The fourth-order valence-electron chi connectivity index (χ4n) is 8.26. The van der Waals surface area contributed by atoms with E-state index in [1.54, 1.807) is 0 Å². The van der Waals surface area contributed by atoms with Gasteiger partial charge in [0.2, 0.25) is 0 Å². The number of aliphatic carboxylic acids is 1. The minimum atomic E-state index is -0.874. The second kappa shape index (κ2) is 48.7. The van der Waals surface area contributed by atoms with Crippen molar-refractivity contribution in [2.45, 2.75) is 264 Å². The molecule has 0 aromatic carbocycles. The highest BCUT2D eigenvalue weighted by atomic mass is 16.6. The van der Waals surface area contributed by atoms with Crippen LogP contribution in [0.5, 0.6) is 0 Å². The zero-order chi connectivity index (χ0) is 48.4. The predicted octanol–water partition coefficient (Wildman–Crippen LogP) is 16.3. The number of allylic oxidation sites excluding steroid dienone is 8. The summed E-state index contributed by atoms with van der Waals surface area (Å²) >= 11 is 0. The van der Waals surface area contributed by atoms with Crippen molar-refractivity contribution >= 4 is 17.9 Å². The van der Waals surface area contributed by atoms with Gasteiger partial charge in [-0.2, -0.15) is 0 Å². The van der Waals surface area contributed by atoms with Gasteiger partial charge < -0.3 is 23.8 Å². The Balaban J connectivity index is 4.19. The van der Waals surface area contributed by atoms with Crippen LogP contribution in [0.2, 0.25) is 0 Å². The number of carboxylic acids is 1. The highest BCUT2D eigenvalue weighted by molar-refractivity contribution is 5.72. The summed E-state index contributed by atoms with van der Waals surface area (Å²) < 4.78 is 17.4. The van der Waals surface area contributed by atoms with Gasteiger partial charge in [0.05, 0.1) is 34.4 Å². The molecule has 1 N–H and O–H groups in total. The maximum atomic E-state index is 12.8. The van der Waals surface area contributed by atoms with Crippen LogP contribution in [-0.2, 0) is 28.6 Å². The van der Waals surface area contributed by atoms with E-state index in [1.807, 2.05) is 21.1 Å². The van der Waals surface area contributed by atoms with Gasteiger partial charge in [0, 0.05) is 19.3 Å². The van der Waals surface area contributed by atoms with Crippen LogP contribution in [0.4, 0.5) is 0 Å². The topological polar surface area (TPSA) is 99.1 Å². The number of carboxylic acid groups (broad SMARTS) is 1. The number of rotatable bonds is 50. The summed E-state index contributed by atoms with van der Waals surface area (Å²) in [5.41, 5.74) is 0. The third kappa shape index (κ3) is 46.4. The Kier molecular flexibility index (Phi) is 46.7. The van der Waals surface area contributed by atoms with Crippen molar-refractivity contribution in [2.75, 3.05) is 41.0 Å². The van der Waals surface area contributed by atoms with Crippen LogP contribution in [0.15, 0.2) is 48.6 Å². The molecule has 66 heavy (non-hydrogen) atoms. The van der Waals surface area contributed by atoms with Crippen molar-refractivity contribution in [3.8, 4) is 0 Å². The largest absolute Gasteiger partial charge is 0.477 e. The van der Waals surface area contributed by atoms with Crippen LogP contribution in [0, 0.1) is 0 Å². The molecule has 0 aromatic rings. The van der Waals surface area contributed by atoms with E-state index < -0.39 is 18.1 Å². The smallest absolute Gasteiger partial charge is 0.362 e. The van der Waals surface area contributed by atoms with E-state index in [1.165, 1.54) is 148 Å². The van der Waals surface area contributed by atoms with Crippen LogP contribution >= 0.6 is 0 Å². The summed E-state index contributed by atoms with van der Waals surface area (Å²) in [5, 5.41) is 9.67. The molecule has 0 aliphatic heterocycles. The number of nitrogens with zero attached hydrogens (tertiary/aromatic N) is 1. The first-order chi connectivity index (χ1) is 32.1. The van der Waals surface area contributed by atoms with Crippen LogP contribution in [0.1, 0.15) is 251 Å². The van der Waals surface area contributed by atoms with Gasteiger partial charge in [-0.3, -0.25) is 9.59 Å². The molecule has 8 nitrogen and oxygen atoms in total. The molecule has 2 unspecified atom stereocenters. The fraction of sp³-hybridized carbons (Fsp3) is 0.810. The summed E-state index contributed by atoms with van der Waals surface area (Å²) in [6.07, 6.45) is 60.2. The highest BCUT2D eigenvalue weighted by Crippen LogP contribution is 2.17. The number of ether oxygens (including phenoxy) is 3. The lowest BCUT2D eigenvalue weighted by Crippen LogP contribution is -2.50. The zero-order valence-corrected chi connectivity index (χ0v) is 43.9. The van der Waals surface area contributed by atoms with E-state index in [0.29, 0.717) is 19.3 Å². The van der Waals surface area contributed by atoms with Gasteiger partial charge in [-0.25, -0.2) is 4.79 Å². The van der Waals surface area contributed by atoms with Crippen molar-refractivity contribution in [1.29, 1.82) is 0 Å². The third-order valence-corrected chi connectivity index (χ3v) is 12.5. The molecule has 0 saturated heterocycles. The van der Waals surface area contributed by atoms with Crippen molar-refractivity contribution in [3.05, 3.63) is 48.6 Å². The summed E-state index contributed by atoms with van der Waals surface area (Å²) in [6, 6.07) is -0.617. The lowest BCUT2D eigenvalue weighted by molar-refractivity contribution is -0.887. The number of quaternary nitrogens is 1. The monoisotopic (exact) mass is 929 g/mol. The number of unbranched alkanes of at least 4 members (excludes halogenated alkanes) is 28. The van der Waals surface area contributed by atoms with Gasteiger partial charge in [-0.1, -0.05) is 229 Å². The van der Waals surface area contributed by atoms with Crippen LogP contribution in [0.25, 0.3) is 0 Å². The third-order valence-electron chi connectivity index (χ3n) is 12.5. The molecule has 0 bridgehead atoms. The van der Waals surface area contributed by atoms with Crippen molar-refractivity contribution in [3.63, 3.8) is 0 Å². The second-order valence-electron chi connectivity index (χ2n) is 19.8. The van der Waals surface area contributed by atoms with Gasteiger partial charge in [0.15, 0.2) is 12.1 Å². The normalized spacial score (nSPS) is 13.2. The number of carbonyl (C=O) groups excluding carboxylic acids is 2. The Morgan fingerprint density at radius 1 is 0.470 bits per heavy atom. The summed E-state index contributed by atoms with van der Waals surface area (Å²) in [5.74, 6) is -1.47. The fourth-order valence-corrected chi connectivity index (χ4v) is 8.26. The lowest BCUT2D eigenvalue weighted by atomic mass is 10.0. The molecular formula is C58H106NO7+. The molecule has 2 atom stereocenters. The Bertz CT molecular complexity index is 1220. The van der Waals surface area contributed by atoms with Crippen LogP contribution < -0.4 is 0 Å². The van der Waals surface area contributed by atoms with Gasteiger partial charge in [-0.15, -0.1) is 0 Å². The maximum Gasteiger partial charge on any atom is 0.362 e. The van der Waals surface area contributed by atoms with Crippen LogP contribution in [0.3, 0.4) is 0 Å². The number of hydrogen-bond donors (Lipinski definition) is 1. The first kappa shape index (κ1) is 63.3. The Labute approximate surface area is 407 Å². The first-order valence-electron chi connectivity index (χ1n) is 27.7. The molecule has 0 aliphatic rings. The van der Waals surface area contributed by atoms with Gasteiger partial charge in [-0.05, 0) is 51.4 Å². The zero-order valence-electron chi connectivity index (χ0n) is 43.9. The molecule has 0 amide bonds. The summed E-state index contributed by atoms with van der Waals surface area (Å²) in [7, 11) is 5.54. The quantitative estimate of drug-likeness (QED) is 0.0281. The average molecular weight is 929 g/mol. The number of esters is 2. The van der Waals surface area contributed by atoms with Crippen molar-refractivity contribution in [1.82, 2.24) is 0 Å². The molecule has 0 saturated carbocycles. The molecule has 0 radical (unpaired) electrons. The standard InChI is InChI=1S/C58H105NO7/c1-6-8-10-12-14-16-18-20-22-24-26-28-29-31-33-35-37-39-41-43-45-47-49-57(61)66-54(52-64-51-50-55(58(62)63)59(3,4)5)53-65-56(60)48-46-44-42-40-38-36-34-32-30-27-25-23-21-19-17-15-13-11-9-7-2/h9,11,15,17,21,23,27,30,54-55H,6-8,10,12-14,16,18-20,22,24-26,28-29,31-53H2,1-5H3/p+1/b11-9+,17-15+,23-21+,30-27+. The van der Waals surface area contributed by atoms with E-state index in [0.717, 1.165) is 70.6 Å². The maximum absolute atomic E-state index is 12.8. The molecule has 0 aromatic heterocycles. The van der Waals surface area contributed by atoms with E-state index in [-0.39, 0.29) is 36.2 Å². The van der Waals surface area contributed by atoms with Crippen molar-refractivity contribution < 1.29 is 38.2 Å². The van der Waals surface area contributed by atoms with Gasteiger partial charge in [0.25, 0.3) is 0 Å². The second-order valence-corrected chi connectivity index (χ2v) is 19.8. The number of likely N-dealkylation sites (N-methyl/N-ethyl adjacent to an activating group) is 1. The van der Waals surface area contributed by atoms with E-state index in [4.69, 9.17) is 14.2 Å². The van der Waals surface area contributed by atoms with Crippen molar-refractivity contribution in [2.24, 2.45) is 0 Å². The average Bonchev–Trinajstić information content (AvgIpc) is 3.28. The molecule has 0 spiro atoms. The molecule has 0 rings (SSSR count). The first-order valence-corrected chi connectivity index (χ1v) is 27.7.